The molecule has 2 aromatic heterocycles. The molecule has 2 rings (SSSR count). The lowest BCUT2D eigenvalue weighted by molar-refractivity contribution is 0.675. The molecule has 0 radical (unpaired) electrons. The smallest absolute Gasteiger partial charge is 0.107 e. The fraction of sp³-hybridized carbons (Fsp3) is 0.462. The molecule has 3 nitrogen and oxygen atoms in total. The van der Waals surface area contributed by atoms with Gasteiger partial charge in [-0.15, -0.1) is 11.3 Å². The third-order valence-corrected chi connectivity index (χ3v) is 3.63. The summed E-state index contributed by atoms with van der Waals surface area (Å²) in [5, 5.41) is 7.99. The molecule has 0 amide bonds. The van der Waals surface area contributed by atoms with Crippen molar-refractivity contribution in [3.8, 4) is 10.6 Å². The van der Waals surface area contributed by atoms with Gasteiger partial charge in [-0.2, -0.15) is 5.10 Å². The van der Waals surface area contributed by atoms with E-state index in [0.717, 1.165) is 25.2 Å². The Kier molecular flexibility index (Phi) is 3.97. The van der Waals surface area contributed by atoms with Gasteiger partial charge >= 0.3 is 0 Å². The maximum Gasteiger partial charge on any atom is 0.107 e. The minimum absolute atomic E-state index is 0.897. The molecule has 0 saturated carbocycles. The Hall–Kier alpha value is -1.13. The number of aromatic nitrogens is 2. The van der Waals surface area contributed by atoms with Gasteiger partial charge in [0.15, 0.2) is 0 Å². The average molecular weight is 249 g/mol. The lowest BCUT2D eigenvalue weighted by atomic mass is 10.2. The SMILES string of the molecule is CCCNCc1cn(C)nc1-c1ccc(C)s1. The zero-order valence-corrected chi connectivity index (χ0v) is 11.5. The topological polar surface area (TPSA) is 29.9 Å². The van der Waals surface area contributed by atoms with E-state index in [1.54, 1.807) is 11.3 Å². The van der Waals surface area contributed by atoms with Gasteiger partial charge in [0, 0.05) is 30.2 Å². The molecule has 0 saturated heterocycles. The molecule has 0 bridgehead atoms. The number of aryl methyl sites for hydroxylation is 2. The molecule has 0 aromatic carbocycles. The third kappa shape index (κ3) is 2.96. The van der Waals surface area contributed by atoms with E-state index in [4.69, 9.17) is 0 Å². The summed E-state index contributed by atoms with van der Waals surface area (Å²) >= 11 is 1.80. The van der Waals surface area contributed by atoms with Crippen LogP contribution in [0, 0.1) is 6.92 Å². The van der Waals surface area contributed by atoms with Gasteiger partial charge in [0.2, 0.25) is 0 Å². The van der Waals surface area contributed by atoms with Crippen molar-refractivity contribution in [2.75, 3.05) is 6.54 Å². The molecule has 4 heteroatoms. The van der Waals surface area contributed by atoms with Gasteiger partial charge in [0.1, 0.15) is 5.69 Å². The van der Waals surface area contributed by atoms with Crippen molar-refractivity contribution >= 4 is 11.3 Å². The van der Waals surface area contributed by atoms with Crippen molar-refractivity contribution in [1.82, 2.24) is 15.1 Å². The zero-order valence-electron chi connectivity index (χ0n) is 10.7. The van der Waals surface area contributed by atoms with Crippen LogP contribution < -0.4 is 5.32 Å². The van der Waals surface area contributed by atoms with Gasteiger partial charge in [0.25, 0.3) is 0 Å². The highest BCUT2D eigenvalue weighted by Gasteiger charge is 2.11. The number of nitrogens with one attached hydrogen (secondary N) is 1. The average Bonchev–Trinajstić information content (AvgIpc) is 2.85. The van der Waals surface area contributed by atoms with E-state index in [0.29, 0.717) is 0 Å². The molecule has 1 N–H and O–H groups in total. The second-order valence-corrected chi connectivity index (χ2v) is 5.55. The summed E-state index contributed by atoms with van der Waals surface area (Å²) in [6.45, 7) is 6.26. The zero-order chi connectivity index (χ0) is 12.3. The van der Waals surface area contributed by atoms with Gasteiger partial charge in [0.05, 0.1) is 4.88 Å². The normalized spacial score (nSPS) is 11.0. The Morgan fingerprint density at radius 2 is 2.24 bits per heavy atom. The second kappa shape index (κ2) is 5.47. The third-order valence-electron chi connectivity index (χ3n) is 2.62. The Bertz CT molecular complexity index is 485. The molecule has 2 heterocycles. The standard InChI is InChI=1S/C13H19N3S/c1-4-7-14-8-11-9-16(3)15-13(11)12-6-5-10(2)17-12/h5-6,9,14H,4,7-8H2,1-3H3. The van der Waals surface area contributed by atoms with Crippen molar-refractivity contribution in [3.05, 3.63) is 28.8 Å². The molecule has 0 aliphatic carbocycles. The molecule has 92 valence electrons. The summed E-state index contributed by atoms with van der Waals surface area (Å²) in [5.74, 6) is 0. The Balaban J connectivity index is 2.21. The molecule has 0 fully saturated rings. The van der Waals surface area contributed by atoms with Crippen LogP contribution in [0.25, 0.3) is 10.6 Å². The first-order valence-electron chi connectivity index (χ1n) is 6.00. The molecule has 0 unspecified atom stereocenters. The van der Waals surface area contributed by atoms with Crippen LogP contribution in [0.5, 0.6) is 0 Å². The summed E-state index contributed by atoms with van der Waals surface area (Å²) in [6, 6.07) is 4.31. The monoisotopic (exact) mass is 249 g/mol. The Morgan fingerprint density at radius 3 is 2.88 bits per heavy atom. The van der Waals surface area contributed by atoms with Gasteiger partial charge in [-0.25, -0.2) is 0 Å². The van der Waals surface area contributed by atoms with E-state index in [9.17, 15) is 0 Å². The van der Waals surface area contributed by atoms with E-state index < -0.39 is 0 Å². The maximum atomic E-state index is 4.56. The van der Waals surface area contributed by atoms with Gasteiger partial charge < -0.3 is 5.32 Å². The number of hydrogen-bond acceptors (Lipinski definition) is 3. The van der Waals surface area contributed by atoms with Crippen LogP contribution in [-0.2, 0) is 13.6 Å². The van der Waals surface area contributed by atoms with Crippen LogP contribution in [-0.4, -0.2) is 16.3 Å². The summed E-state index contributed by atoms with van der Waals surface area (Å²) in [4.78, 5) is 2.59. The maximum absolute atomic E-state index is 4.56. The predicted molar refractivity (Wildman–Crippen MR) is 73.3 cm³/mol. The first kappa shape index (κ1) is 12.3. The Morgan fingerprint density at radius 1 is 1.41 bits per heavy atom. The van der Waals surface area contributed by atoms with Crippen LogP contribution in [0.1, 0.15) is 23.8 Å². The largest absolute Gasteiger partial charge is 0.313 e. The molecule has 0 spiro atoms. The summed E-state index contributed by atoms with van der Waals surface area (Å²) < 4.78 is 1.90. The summed E-state index contributed by atoms with van der Waals surface area (Å²) in [6.07, 6.45) is 3.26. The number of rotatable bonds is 5. The quantitative estimate of drug-likeness (QED) is 0.826. The van der Waals surface area contributed by atoms with Gasteiger partial charge in [-0.3, -0.25) is 4.68 Å². The van der Waals surface area contributed by atoms with Crippen molar-refractivity contribution < 1.29 is 0 Å². The fourth-order valence-corrected chi connectivity index (χ4v) is 2.72. The molecule has 2 aromatic rings. The predicted octanol–water partition coefficient (Wildman–Crippen LogP) is 2.96. The number of hydrogen-bond donors (Lipinski definition) is 1. The molecular formula is C13H19N3S. The van der Waals surface area contributed by atoms with Crippen molar-refractivity contribution in [2.45, 2.75) is 26.8 Å². The first-order valence-corrected chi connectivity index (χ1v) is 6.82. The van der Waals surface area contributed by atoms with E-state index in [1.807, 2.05) is 11.7 Å². The van der Waals surface area contributed by atoms with Gasteiger partial charge in [-0.05, 0) is 32.0 Å². The lowest BCUT2D eigenvalue weighted by Crippen LogP contribution is -2.13. The van der Waals surface area contributed by atoms with Crippen LogP contribution in [0.3, 0.4) is 0 Å². The molecule has 0 aliphatic heterocycles. The number of thiophene rings is 1. The minimum atomic E-state index is 0.897. The summed E-state index contributed by atoms with van der Waals surface area (Å²) in [5.41, 5.74) is 2.40. The molecule has 0 aliphatic rings. The van der Waals surface area contributed by atoms with Crippen LogP contribution in [0.4, 0.5) is 0 Å². The molecule has 0 atom stereocenters. The fourth-order valence-electron chi connectivity index (χ4n) is 1.84. The molecular weight excluding hydrogens is 230 g/mol. The van der Waals surface area contributed by atoms with Crippen LogP contribution in [0.2, 0.25) is 0 Å². The van der Waals surface area contributed by atoms with E-state index in [2.05, 4.69) is 42.6 Å². The highest BCUT2D eigenvalue weighted by atomic mass is 32.1. The lowest BCUT2D eigenvalue weighted by Gasteiger charge is -2.01. The molecule has 17 heavy (non-hydrogen) atoms. The second-order valence-electron chi connectivity index (χ2n) is 4.26. The van der Waals surface area contributed by atoms with Gasteiger partial charge in [-0.1, -0.05) is 6.92 Å². The Labute approximate surface area is 106 Å². The van der Waals surface area contributed by atoms with Crippen LogP contribution >= 0.6 is 11.3 Å². The van der Waals surface area contributed by atoms with E-state index in [-0.39, 0.29) is 0 Å². The highest BCUT2D eigenvalue weighted by Crippen LogP contribution is 2.28. The van der Waals surface area contributed by atoms with Crippen molar-refractivity contribution in [2.24, 2.45) is 7.05 Å². The van der Waals surface area contributed by atoms with Crippen LogP contribution in [0.15, 0.2) is 18.3 Å². The summed E-state index contributed by atoms with van der Waals surface area (Å²) in [7, 11) is 1.98. The number of nitrogens with zero attached hydrogens (tertiary/aromatic N) is 2. The van der Waals surface area contributed by atoms with Crippen molar-refractivity contribution in [1.29, 1.82) is 0 Å². The van der Waals surface area contributed by atoms with E-state index >= 15 is 0 Å². The first-order chi connectivity index (χ1) is 8.20. The van der Waals surface area contributed by atoms with E-state index in [1.165, 1.54) is 15.3 Å². The highest BCUT2D eigenvalue weighted by molar-refractivity contribution is 7.15. The van der Waals surface area contributed by atoms with Crippen molar-refractivity contribution in [3.63, 3.8) is 0 Å². The minimum Gasteiger partial charge on any atom is -0.313 e.